The van der Waals surface area contributed by atoms with Gasteiger partial charge in [0, 0.05) is 33.4 Å². The van der Waals surface area contributed by atoms with E-state index >= 15 is 0 Å². The van der Waals surface area contributed by atoms with Crippen molar-refractivity contribution in [3.63, 3.8) is 0 Å². The Kier molecular flexibility index (Phi) is 15.2. The highest BCUT2D eigenvalue weighted by molar-refractivity contribution is 6.63. The van der Waals surface area contributed by atoms with Gasteiger partial charge in [0.25, 0.3) is 0 Å². The third-order valence-corrected chi connectivity index (χ3v) is 6.17. The van der Waals surface area contributed by atoms with Gasteiger partial charge < -0.3 is 14.2 Å². The Labute approximate surface area is 303 Å². The second-order valence-corrected chi connectivity index (χ2v) is 11.4. The number of ether oxygens (including phenoxy) is 3. The van der Waals surface area contributed by atoms with E-state index in [0.717, 1.165) is 16.7 Å². The number of alkyl halides is 3. The quantitative estimate of drug-likeness (QED) is 0.0864. The normalized spacial score (nSPS) is 10.1. The Hall–Kier alpha value is -5.16. The predicted molar refractivity (Wildman–Crippen MR) is 193 cm³/mol. The van der Waals surface area contributed by atoms with Crippen LogP contribution in [0.3, 0.4) is 0 Å². The molecule has 0 N–H and O–H groups in total. The van der Waals surface area contributed by atoms with E-state index in [-0.39, 0.29) is 17.9 Å². The molecule has 0 aliphatic rings. The second kappa shape index (κ2) is 20.3. The first-order chi connectivity index (χ1) is 23.9. The minimum atomic E-state index is -1.83. The summed E-state index contributed by atoms with van der Waals surface area (Å²) in [6.45, 7) is 6.21. The lowest BCUT2D eigenvalue weighted by Gasteiger charge is -2.01. The molecule has 0 saturated carbocycles. The van der Waals surface area contributed by atoms with Crippen molar-refractivity contribution in [2.75, 3.05) is 19.8 Å². The molecule has 0 atom stereocenters. The number of rotatable bonds is 6. The van der Waals surface area contributed by atoms with Crippen molar-refractivity contribution in [1.29, 1.82) is 0 Å². The van der Waals surface area contributed by atoms with Crippen LogP contribution in [0.1, 0.15) is 86.6 Å². The zero-order chi connectivity index (χ0) is 36.5. The molecule has 4 aromatic rings. The fourth-order valence-electron chi connectivity index (χ4n) is 3.99. The molecule has 6 nitrogen and oxygen atoms in total. The van der Waals surface area contributed by atoms with Crippen LogP contribution in [0.2, 0.25) is 0 Å². The first-order valence-electron chi connectivity index (χ1n) is 15.5. The van der Waals surface area contributed by atoms with Gasteiger partial charge in [-0.15, -0.1) is 0 Å². The summed E-state index contributed by atoms with van der Waals surface area (Å²) in [4.78, 5) is 35.9. The van der Waals surface area contributed by atoms with Gasteiger partial charge in [-0.25, -0.2) is 14.4 Å². The first kappa shape index (κ1) is 36.7. The number of hydrogen-bond donors (Lipinski definition) is 0. The number of halogens is 3. The highest BCUT2D eigenvalue weighted by Crippen LogP contribution is 2.12. The van der Waals surface area contributed by atoms with Crippen molar-refractivity contribution in [2.45, 2.75) is 25.0 Å². The Morgan fingerprint density at radius 2 is 0.694 bits per heavy atom. The molecule has 9 heteroatoms. The highest BCUT2D eigenvalue weighted by atomic mass is 35.6. The number of benzene rings is 4. The standard InChI is InChI=1S/C39H30O6.CHCl3/c1-4-43-37(40)34-19-13-28(14-20-34)7-10-31-25-32(11-8-29-15-21-35(22-16-29)38(41)44-5-2)27-33(26-31)12-9-30-17-23-36(24-18-30)39(42)45-6-3;2-1(3)4/h13-27H,4-6H2,1-3H3;1H/i;1D. The van der Waals surface area contributed by atoms with E-state index in [1.165, 1.54) is 0 Å². The van der Waals surface area contributed by atoms with E-state index in [2.05, 4.69) is 35.5 Å². The predicted octanol–water partition coefficient (Wildman–Crippen LogP) is 8.40. The summed E-state index contributed by atoms with van der Waals surface area (Å²) in [6, 6.07) is 26.3. The summed E-state index contributed by atoms with van der Waals surface area (Å²) >= 11 is 14.2. The molecule has 0 aliphatic heterocycles. The van der Waals surface area contributed by atoms with Crippen LogP contribution in [0.15, 0.2) is 91.0 Å². The van der Waals surface area contributed by atoms with E-state index in [0.29, 0.717) is 53.2 Å². The molecule has 248 valence electrons. The summed E-state index contributed by atoms with van der Waals surface area (Å²) < 4.78 is 19.5. The number of esters is 3. The average molecular weight is 715 g/mol. The summed E-state index contributed by atoms with van der Waals surface area (Å²) in [5.41, 5.74) is 5.69. The van der Waals surface area contributed by atoms with Crippen molar-refractivity contribution in [3.8, 4) is 35.5 Å². The lowest BCUT2D eigenvalue weighted by molar-refractivity contribution is 0.0516. The molecular weight excluding hydrogens is 683 g/mol. The van der Waals surface area contributed by atoms with E-state index in [4.69, 9.17) is 50.4 Å². The van der Waals surface area contributed by atoms with Gasteiger partial charge in [-0.05, 0) is 112 Å². The zero-order valence-electron chi connectivity index (χ0n) is 27.9. The molecule has 0 saturated heterocycles. The topological polar surface area (TPSA) is 78.9 Å². The van der Waals surface area contributed by atoms with Crippen LogP contribution in [0.5, 0.6) is 0 Å². The number of carbonyl (C=O) groups excluding carboxylic acids is 3. The molecule has 0 bridgehead atoms. The number of carbonyl (C=O) groups is 3. The van der Waals surface area contributed by atoms with Crippen molar-refractivity contribution in [3.05, 3.63) is 141 Å². The fourth-order valence-corrected chi connectivity index (χ4v) is 3.99. The first-order valence-corrected chi connectivity index (χ1v) is 16.1. The average Bonchev–Trinajstić information content (AvgIpc) is 3.09. The van der Waals surface area contributed by atoms with Crippen molar-refractivity contribution in [2.24, 2.45) is 0 Å². The lowest BCUT2D eigenvalue weighted by atomic mass is 10.0. The molecule has 0 heterocycles. The van der Waals surface area contributed by atoms with Crippen molar-refractivity contribution >= 4 is 52.7 Å². The molecule has 0 aromatic heterocycles. The van der Waals surface area contributed by atoms with Crippen molar-refractivity contribution < 1.29 is 30.0 Å². The van der Waals surface area contributed by atoms with Crippen LogP contribution in [-0.4, -0.2) is 42.0 Å². The van der Waals surface area contributed by atoms with E-state index in [9.17, 15) is 14.4 Å². The van der Waals surface area contributed by atoms with Crippen LogP contribution in [0.4, 0.5) is 0 Å². The monoisotopic (exact) mass is 713 g/mol. The van der Waals surface area contributed by atoms with Gasteiger partial charge in [0.2, 0.25) is 0 Å². The van der Waals surface area contributed by atoms with Gasteiger partial charge in [-0.1, -0.05) is 70.3 Å². The Morgan fingerprint density at radius 3 is 0.898 bits per heavy atom. The van der Waals surface area contributed by atoms with Gasteiger partial charge in [-0.3, -0.25) is 0 Å². The van der Waals surface area contributed by atoms with E-state index in [1.807, 2.05) is 18.2 Å². The van der Waals surface area contributed by atoms with Crippen LogP contribution in [0.25, 0.3) is 0 Å². The lowest BCUT2D eigenvalue weighted by Crippen LogP contribution is -2.04. The van der Waals surface area contributed by atoms with Crippen LogP contribution < -0.4 is 0 Å². The molecule has 0 aliphatic carbocycles. The molecule has 0 spiro atoms. The Bertz CT molecular complexity index is 1740. The minimum Gasteiger partial charge on any atom is -0.462 e. The second-order valence-electron chi connectivity index (χ2n) is 9.66. The maximum atomic E-state index is 12.0. The summed E-state index contributed by atoms with van der Waals surface area (Å²) in [5.74, 6) is 17.8. The Morgan fingerprint density at radius 1 is 0.490 bits per heavy atom. The smallest absolute Gasteiger partial charge is 0.338 e. The molecule has 0 unspecified atom stereocenters. The molecular formula is C40H31Cl3O6. The fraction of sp³-hybridized carbons (Fsp3) is 0.175. The van der Waals surface area contributed by atoms with Crippen LogP contribution in [-0.2, 0) is 14.2 Å². The van der Waals surface area contributed by atoms with Gasteiger partial charge in [0.05, 0.1) is 37.9 Å². The van der Waals surface area contributed by atoms with Gasteiger partial charge in [0.1, 0.15) is 0 Å². The summed E-state index contributed by atoms with van der Waals surface area (Å²) in [6.07, 6.45) is 0. The summed E-state index contributed by atoms with van der Waals surface area (Å²) in [7, 11) is 0. The molecule has 0 amide bonds. The maximum Gasteiger partial charge on any atom is 0.338 e. The number of hydrogen-bond acceptors (Lipinski definition) is 6. The van der Waals surface area contributed by atoms with Gasteiger partial charge in [0.15, 0.2) is 4.27 Å². The minimum absolute atomic E-state index is 0.308. The van der Waals surface area contributed by atoms with E-state index in [1.54, 1.807) is 93.6 Å². The highest BCUT2D eigenvalue weighted by Gasteiger charge is 2.07. The van der Waals surface area contributed by atoms with E-state index < -0.39 is 4.27 Å². The van der Waals surface area contributed by atoms with Crippen LogP contribution >= 0.6 is 34.8 Å². The SMILES string of the molecule is CCOC(=O)c1ccc(C#Cc2cc(C#Cc3ccc(C(=O)OCC)cc3)cc(C#Cc3ccc(C(=O)OCC)cc3)c2)cc1.[2H]C(Cl)(Cl)Cl. The van der Waals surface area contributed by atoms with Gasteiger partial charge in [-0.2, -0.15) is 0 Å². The third kappa shape index (κ3) is 13.5. The molecule has 4 rings (SSSR count). The summed E-state index contributed by atoms with van der Waals surface area (Å²) in [5, 5.41) is 0. The third-order valence-electron chi connectivity index (χ3n) is 6.17. The Balaban J connectivity index is 0.00000126. The van der Waals surface area contributed by atoms with Crippen LogP contribution in [0, 0.1) is 35.5 Å². The molecule has 49 heavy (non-hydrogen) atoms. The zero-order valence-corrected chi connectivity index (χ0v) is 29.1. The van der Waals surface area contributed by atoms with Crippen molar-refractivity contribution in [1.82, 2.24) is 0 Å². The maximum absolute atomic E-state index is 12.0. The van der Waals surface area contributed by atoms with Gasteiger partial charge >= 0.3 is 17.9 Å². The largest absolute Gasteiger partial charge is 0.462 e. The molecule has 4 aromatic carbocycles. The molecule has 0 radical (unpaired) electrons. The molecule has 0 fully saturated rings.